The standard InChI is InChI=1S/C16H13BrN2O3S/c17-13-6-8-15(9-7-13)23(20,21)19(12-14-4-3-11-22-14)16-5-1-2-10-18-16/h1-11H,12H2. The zero-order valence-corrected chi connectivity index (χ0v) is 14.4. The van der Waals surface area contributed by atoms with E-state index in [4.69, 9.17) is 4.42 Å². The Hall–Kier alpha value is -2.12. The van der Waals surface area contributed by atoms with Crippen LogP contribution in [0.15, 0.2) is 80.8 Å². The van der Waals surface area contributed by atoms with E-state index in [9.17, 15) is 8.42 Å². The van der Waals surface area contributed by atoms with Gasteiger partial charge in [-0.15, -0.1) is 0 Å². The maximum Gasteiger partial charge on any atom is 0.265 e. The van der Waals surface area contributed by atoms with Crippen molar-refractivity contribution in [3.63, 3.8) is 0 Å². The van der Waals surface area contributed by atoms with Gasteiger partial charge in [-0.3, -0.25) is 0 Å². The Morgan fingerprint density at radius 1 is 1.04 bits per heavy atom. The van der Waals surface area contributed by atoms with E-state index in [2.05, 4.69) is 20.9 Å². The minimum absolute atomic E-state index is 0.0718. The van der Waals surface area contributed by atoms with Gasteiger partial charge in [0, 0.05) is 10.7 Å². The molecule has 0 amide bonds. The van der Waals surface area contributed by atoms with Crippen LogP contribution < -0.4 is 4.31 Å². The fraction of sp³-hybridized carbons (Fsp3) is 0.0625. The number of hydrogen-bond donors (Lipinski definition) is 0. The molecule has 2 heterocycles. The molecule has 2 aromatic heterocycles. The summed E-state index contributed by atoms with van der Waals surface area (Å²) in [5.41, 5.74) is 0. The number of halogens is 1. The average molecular weight is 393 g/mol. The van der Waals surface area contributed by atoms with E-state index < -0.39 is 10.0 Å². The Morgan fingerprint density at radius 2 is 1.83 bits per heavy atom. The first-order valence-electron chi connectivity index (χ1n) is 6.79. The van der Waals surface area contributed by atoms with Crippen LogP contribution in [-0.4, -0.2) is 13.4 Å². The minimum Gasteiger partial charge on any atom is -0.467 e. The minimum atomic E-state index is -3.76. The molecule has 7 heteroatoms. The molecule has 118 valence electrons. The van der Waals surface area contributed by atoms with Gasteiger partial charge in [-0.2, -0.15) is 0 Å². The van der Waals surface area contributed by atoms with Gasteiger partial charge in [0.05, 0.1) is 17.7 Å². The summed E-state index contributed by atoms with van der Waals surface area (Å²) in [5.74, 6) is 0.878. The van der Waals surface area contributed by atoms with Gasteiger partial charge in [0.2, 0.25) is 0 Å². The van der Waals surface area contributed by atoms with Crippen LogP contribution in [0.3, 0.4) is 0 Å². The molecule has 23 heavy (non-hydrogen) atoms. The maximum absolute atomic E-state index is 13.0. The molecule has 0 unspecified atom stereocenters. The highest BCUT2D eigenvalue weighted by atomic mass is 79.9. The molecule has 0 atom stereocenters. The Bertz CT molecular complexity index is 863. The number of furan rings is 1. The fourth-order valence-electron chi connectivity index (χ4n) is 2.07. The summed E-state index contributed by atoms with van der Waals surface area (Å²) in [6.07, 6.45) is 3.07. The predicted octanol–water partition coefficient (Wildman–Crippen LogP) is 3.83. The lowest BCUT2D eigenvalue weighted by Crippen LogP contribution is -2.31. The van der Waals surface area contributed by atoms with Crippen LogP contribution in [0, 0.1) is 0 Å². The zero-order valence-electron chi connectivity index (χ0n) is 12.0. The molecule has 5 nitrogen and oxygen atoms in total. The van der Waals surface area contributed by atoms with E-state index in [1.54, 1.807) is 60.8 Å². The molecule has 0 saturated carbocycles. The highest BCUT2D eigenvalue weighted by Crippen LogP contribution is 2.25. The molecule has 3 rings (SSSR count). The molecule has 0 aliphatic carbocycles. The largest absolute Gasteiger partial charge is 0.467 e. The topological polar surface area (TPSA) is 63.4 Å². The Labute approximate surface area is 142 Å². The molecule has 1 aromatic carbocycles. The van der Waals surface area contributed by atoms with Gasteiger partial charge < -0.3 is 4.42 Å². The molecule has 0 spiro atoms. The van der Waals surface area contributed by atoms with Crippen molar-refractivity contribution in [2.45, 2.75) is 11.4 Å². The van der Waals surface area contributed by atoms with Crippen LogP contribution in [0.5, 0.6) is 0 Å². The highest BCUT2D eigenvalue weighted by molar-refractivity contribution is 9.10. The normalized spacial score (nSPS) is 11.3. The van der Waals surface area contributed by atoms with E-state index in [0.717, 1.165) is 4.47 Å². The van der Waals surface area contributed by atoms with Crippen LogP contribution in [-0.2, 0) is 16.6 Å². The predicted molar refractivity (Wildman–Crippen MR) is 90.5 cm³/mol. The zero-order chi connectivity index (χ0) is 16.3. The smallest absolute Gasteiger partial charge is 0.265 e. The van der Waals surface area contributed by atoms with Crippen molar-refractivity contribution in [2.24, 2.45) is 0 Å². The molecule has 0 aliphatic heterocycles. The summed E-state index contributed by atoms with van der Waals surface area (Å²) in [5, 5.41) is 0. The SMILES string of the molecule is O=S(=O)(c1ccc(Br)cc1)N(Cc1ccco1)c1ccccn1. The van der Waals surface area contributed by atoms with E-state index in [0.29, 0.717) is 11.6 Å². The number of sulfonamides is 1. The van der Waals surface area contributed by atoms with Crippen molar-refractivity contribution in [1.82, 2.24) is 4.98 Å². The molecular weight excluding hydrogens is 380 g/mol. The number of anilines is 1. The molecule has 0 aliphatic rings. The number of rotatable bonds is 5. The monoisotopic (exact) mass is 392 g/mol. The number of nitrogens with zero attached hydrogens (tertiary/aromatic N) is 2. The van der Waals surface area contributed by atoms with Crippen molar-refractivity contribution in [3.05, 3.63) is 77.3 Å². The van der Waals surface area contributed by atoms with Gasteiger partial charge in [-0.05, 0) is 48.5 Å². The number of hydrogen-bond acceptors (Lipinski definition) is 4. The van der Waals surface area contributed by atoms with Crippen molar-refractivity contribution in [3.8, 4) is 0 Å². The molecule has 3 aromatic rings. The third-order valence-corrected chi connectivity index (χ3v) is 5.48. The Morgan fingerprint density at radius 3 is 2.43 bits per heavy atom. The van der Waals surface area contributed by atoms with E-state index in [1.807, 2.05) is 0 Å². The summed E-state index contributed by atoms with van der Waals surface area (Å²) < 4.78 is 33.3. The second kappa shape index (κ2) is 6.55. The van der Waals surface area contributed by atoms with Crippen LogP contribution in [0.4, 0.5) is 5.82 Å². The number of pyridine rings is 1. The molecule has 0 fully saturated rings. The first kappa shape index (κ1) is 15.8. The van der Waals surface area contributed by atoms with E-state index in [1.165, 1.54) is 10.6 Å². The lowest BCUT2D eigenvalue weighted by Gasteiger charge is -2.22. The number of benzene rings is 1. The van der Waals surface area contributed by atoms with Crippen LogP contribution in [0.1, 0.15) is 5.76 Å². The average Bonchev–Trinajstić information content (AvgIpc) is 3.07. The van der Waals surface area contributed by atoms with Gasteiger partial charge in [-0.1, -0.05) is 22.0 Å². The second-order valence-electron chi connectivity index (χ2n) is 4.73. The van der Waals surface area contributed by atoms with Gasteiger partial charge >= 0.3 is 0 Å². The third-order valence-electron chi connectivity index (χ3n) is 3.19. The van der Waals surface area contributed by atoms with E-state index in [-0.39, 0.29) is 11.4 Å². The highest BCUT2D eigenvalue weighted by Gasteiger charge is 2.26. The van der Waals surface area contributed by atoms with Crippen LogP contribution in [0.2, 0.25) is 0 Å². The quantitative estimate of drug-likeness (QED) is 0.661. The molecule has 0 saturated heterocycles. The molecule has 0 bridgehead atoms. The van der Waals surface area contributed by atoms with Crippen molar-refractivity contribution >= 4 is 31.8 Å². The van der Waals surface area contributed by atoms with Gasteiger partial charge in [-0.25, -0.2) is 17.7 Å². The fourth-order valence-corrected chi connectivity index (χ4v) is 3.72. The van der Waals surface area contributed by atoms with Gasteiger partial charge in [0.1, 0.15) is 11.6 Å². The van der Waals surface area contributed by atoms with Gasteiger partial charge in [0.25, 0.3) is 10.0 Å². The molecular formula is C16H13BrN2O3S. The van der Waals surface area contributed by atoms with Crippen LogP contribution >= 0.6 is 15.9 Å². The summed E-state index contributed by atoms with van der Waals surface area (Å²) in [4.78, 5) is 4.36. The summed E-state index contributed by atoms with van der Waals surface area (Å²) >= 11 is 3.31. The first-order chi connectivity index (χ1) is 11.1. The molecule has 0 radical (unpaired) electrons. The van der Waals surface area contributed by atoms with Crippen LogP contribution in [0.25, 0.3) is 0 Å². The molecule has 0 N–H and O–H groups in total. The summed E-state index contributed by atoms with van der Waals surface area (Å²) in [7, 11) is -3.76. The third kappa shape index (κ3) is 3.46. The van der Waals surface area contributed by atoms with Crippen molar-refractivity contribution < 1.29 is 12.8 Å². The lowest BCUT2D eigenvalue weighted by atomic mass is 10.4. The summed E-state index contributed by atoms with van der Waals surface area (Å²) in [6.45, 7) is 0.0718. The summed E-state index contributed by atoms with van der Waals surface area (Å²) in [6, 6.07) is 15.1. The number of aromatic nitrogens is 1. The van der Waals surface area contributed by atoms with Crippen molar-refractivity contribution in [2.75, 3.05) is 4.31 Å². The van der Waals surface area contributed by atoms with Crippen molar-refractivity contribution in [1.29, 1.82) is 0 Å². The second-order valence-corrected chi connectivity index (χ2v) is 7.51. The maximum atomic E-state index is 13.0. The first-order valence-corrected chi connectivity index (χ1v) is 9.02. The Kier molecular flexibility index (Phi) is 4.49. The van der Waals surface area contributed by atoms with Gasteiger partial charge in [0.15, 0.2) is 0 Å². The van der Waals surface area contributed by atoms with E-state index >= 15 is 0 Å². The Balaban J connectivity index is 2.05. The lowest BCUT2D eigenvalue weighted by molar-refractivity contribution is 0.508.